The first kappa shape index (κ1) is 21.2. The summed E-state index contributed by atoms with van der Waals surface area (Å²) in [7, 11) is 1.61. The molecule has 2 aromatic heterocycles. The van der Waals surface area contributed by atoms with Crippen LogP contribution < -0.4 is 10.1 Å². The standard InChI is InChI=1S/C24H22F3N5O/c1-33-20-9-7-15(8-10-20)11-18-14-29-32-21(17-3-2-4-19(12-17)24(25,26)27)30-23(31-22(18)32)28-13-16-5-6-16/h2-4,7-10,12,14,16H,5-6,11,13H2,1H3,(H,28,31). The molecule has 5 rings (SSSR count). The predicted octanol–water partition coefficient (Wildman–Crippen LogP) is 5.23. The van der Waals surface area contributed by atoms with Gasteiger partial charge in [0.15, 0.2) is 11.5 Å². The van der Waals surface area contributed by atoms with Crippen molar-refractivity contribution in [1.29, 1.82) is 0 Å². The van der Waals surface area contributed by atoms with Gasteiger partial charge in [-0.3, -0.25) is 0 Å². The topological polar surface area (TPSA) is 64.3 Å². The molecule has 6 nitrogen and oxygen atoms in total. The molecule has 33 heavy (non-hydrogen) atoms. The Morgan fingerprint density at radius 3 is 2.58 bits per heavy atom. The number of halogens is 3. The Kier molecular flexibility index (Phi) is 5.39. The zero-order chi connectivity index (χ0) is 23.0. The second kappa shape index (κ2) is 8.38. The number of rotatable bonds is 7. The summed E-state index contributed by atoms with van der Waals surface area (Å²) in [5.74, 6) is 2.05. The van der Waals surface area contributed by atoms with E-state index in [9.17, 15) is 13.2 Å². The Hall–Kier alpha value is -3.62. The van der Waals surface area contributed by atoms with Gasteiger partial charge in [0, 0.05) is 24.1 Å². The van der Waals surface area contributed by atoms with Gasteiger partial charge in [0.1, 0.15) is 5.75 Å². The zero-order valence-electron chi connectivity index (χ0n) is 17.9. The number of alkyl halides is 3. The van der Waals surface area contributed by atoms with Gasteiger partial charge in [-0.1, -0.05) is 24.3 Å². The van der Waals surface area contributed by atoms with E-state index in [1.165, 1.54) is 10.6 Å². The van der Waals surface area contributed by atoms with Gasteiger partial charge in [0.25, 0.3) is 0 Å². The van der Waals surface area contributed by atoms with Crippen molar-refractivity contribution >= 4 is 11.6 Å². The fraction of sp³-hybridized carbons (Fsp3) is 0.292. The molecule has 170 valence electrons. The van der Waals surface area contributed by atoms with E-state index < -0.39 is 11.7 Å². The van der Waals surface area contributed by atoms with Crippen LogP contribution in [0.2, 0.25) is 0 Å². The third-order valence-corrected chi connectivity index (χ3v) is 5.69. The van der Waals surface area contributed by atoms with Gasteiger partial charge in [0.05, 0.1) is 18.9 Å². The lowest BCUT2D eigenvalue weighted by Gasteiger charge is -2.11. The van der Waals surface area contributed by atoms with Crippen LogP contribution in [0.15, 0.2) is 54.7 Å². The highest BCUT2D eigenvalue weighted by Gasteiger charge is 2.31. The van der Waals surface area contributed by atoms with Gasteiger partial charge in [-0.15, -0.1) is 0 Å². The van der Waals surface area contributed by atoms with Crippen molar-refractivity contribution in [3.05, 3.63) is 71.4 Å². The quantitative estimate of drug-likeness (QED) is 0.415. The molecule has 0 aliphatic heterocycles. The fourth-order valence-corrected chi connectivity index (χ4v) is 3.67. The number of methoxy groups -OCH3 is 1. The van der Waals surface area contributed by atoms with Gasteiger partial charge in [-0.05, 0) is 48.6 Å². The summed E-state index contributed by atoms with van der Waals surface area (Å²) in [6.07, 6.45) is 0.125. The Bertz CT molecular complexity index is 1280. The highest BCUT2D eigenvalue weighted by molar-refractivity contribution is 5.64. The molecule has 0 bridgehead atoms. The zero-order valence-corrected chi connectivity index (χ0v) is 17.9. The van der Waals surface area contributed by atoms with Crippen molar-refractivity contribution in [2.24, 2.45) is 5.92 Å². The molecule has 2 heterocycles. The second-order valence-corrected chi connectivity index (χ2v) is 8.20. The van der Waals surface area contributed by atoms with E-state index in [4.69, 9.17) is 4.74 Å². The first-order valence-corrected chi connectivity index (χ1v) is 10.7. The predicted molar refractivity (Wildman–Crippen MR) is 118 cm³/mol. The highest BCUT2D eigenvalue weighted by Crippen LogP contribution is 2.33. The average Bonchev–Trinajstić information content (AvgIpc) is 3.57. The molecule has 4 aromatic rings. The maximum absolute atomic E-state index is 13.3. The molecule has 1 N–H and O–H groups in total. The Labute approximate surface area is 188 Å². The summed E-state index contributed by atoms with van der Waals surface area (Å²) in [5.41, 5.74) is 2.05. The molecule has 0 amide bonds. The van der Waals surface area contributed by atoms with Crippen LogP contribution >= 0.6 is 0 Å². The summed E-state index contributed by atoms with van der Waals surface area (Å²) >= 11 is 0. The van der Waals surface area contributed by atoms with E-state index >= 15 is 0 Å². The molecule has 1 aliphatic rings. The highest BCUT2D eigenvalue weighted by atomic mass is 19.4. The summed E-state index contributed by atoms with van der Waals surface area (Å²) in [4.78, 5) is 9.18. The number of anilines is 1. The molecule has 1 fully saturated rings. The average molecular weight is 453 g/mol. The molecule has 1 aliphatic carbocycles. The minimum absolute atomic E-state index is 0.311. The van der Waals surface area contributed by atoms with Gasteiger partial charge in [0.2, 0.25) is 5.95 Å². The summed E-state index contributed by atoms with van der Waals surface area (Å²) in [6.45, 7) is 0.736. The normalized spacial score (nSPS) is 13.9. The van der Waals surface area contributed by atoms with E-state index in [-0.39, 0.29) is 0 Å². The largest absolute Gasteiger partial charge is 0.497 e. The van der Waals surface area contributed by atoms with Crippen LogP contribution in [-0.4, -0.2) is 33.2 Å². The van der Waals surface area contributed by atoms with Crippen LogP contribution in [0.4, 0.5) is 19.1 Å². The molecule has 0 atom stereocenters. The van der Waals surface area contributed by atoms with E-state index in [2.05, 4.69) is 20.4 Å². The summed E-state index contributed by atoms with van der Waals surface area (Å²) in [6, 6.07) is 12.8. The number of aromatic nitrogens is 4. The number of fused-ring (bicyclic) bond motifs is 1. The number of hydrogen-bond donors (Lipinski definition) is 1. The maximum atomic E-state index is 13.3. The molecule has 9 heteroatoms. The maximum Gasteiger partial charge on any atom is 0.416 e. The smallest absolute Gasteiger partial charge is 0.416 e. The second-order valence-electron chi connectivity index (χ2n) is 8.20. The first-order chi connectivity index (χ1) is 15.9. The molecule has 0 saturated heterocycles. The number of nitrogens with zero attached hydrogens (tertiary/aromatic N) is 4. The number of hydrogen-bond acceptors (Lipinski definition) is 5. The van der Waals surface area contributed by atoms with Crippen molar-refractivity contribution in [3.63, 3.8) is 0 Å². The Morgan fingerprint density at radius 2 is 1.88 bits per heavy atom. The minimum Gasteiger partial charge on any atom is -0.497 e. The van der Waals surface area contributed by atoms with E-state index in [1.807, 2.05) is 24.3 Å². The molecular weight excluding hydrogens is 431 g/mol. The van der Waals surface area contributed by atoms with Crippen LogP contribution in [0.1, 0.15) is 29.5 Å². The lowest BCUT2D eigenvalue weighted by atomic mass is 10.1. The van der Waals surface area contributed by atoms with Crippen LogP contribution in [0, 0.1) is 5.92 Å². The number of nitrogens with one attached hydrogen (secondary N) is 1. The lowest BCUT2D eigenvalue weighted by molar-refractivity contribution is -0.137. The fourth-order valence-electron chi connectivity index (χ4n) is 3.67. The van der Waals surface area contributed by atoms with Gasteiger partial charge >= 0.3 is 6.18 Å². The first-order valence-electron chi connectivity index (χ1n) is 10.7. The third-order valence-electron chi connectivity index (χ3n) is 5.69. The molecule has 0 spiro atoms. The van der Waals surface area contributed by atoms with Crippen LogP contribution in [0.5, 0.6) is 5.75 Å². The molecular formula is C24H22F3N5O. The lowest BCUT2D eigenvalue weighted by Crippen LogP contribution is -2.11. The third kappa shape index (κ3) is 4.62. The Morgan fingerprint density at radius 1 is 1.09 bits per heavy atom. The van der Waals surface area contributed by atoms with Crippen LogP contribution in [-0.2, 0) is 12.6 Å². The summed E-state index contributed by atoms with van der Waals surface area (Å²) in [5, 5.41) is 7.67. The number of ether oxygens (including phenoxy) is 1. The molecule has 0 radical (unpaired) electrons. The SMILES string of the molecule is COc1ccc(Cc2cnn3c(-c4cccc(C(F)(F)F)c4)nc(NCC4CC4)nc23)cc1. The summed E-state index contributed by atoms with van der Waals surface area (Å²) < 4.78 is 46.7. The van der Waals surface area contributed by atoms with Gasteiger partial charge in [-0.25, -0.2) is 0 Å². The van der Waals surface area contributed by atoms with Crippen LogP contribution in [0.3, 0.4) is 0 Å². The van der Waals surface area contributed by atoms with Gasteiger partial charge in [-0.2, -0.15) is 32.8 Å². The Balaban J connectivity index is 1.57. The van der Waals surface area contributed by atoms with Crippen molar-refractivity contribution in [3.8, 4) is 17.1 Å². The van der Waals surface area contributed by atoms with Gasteiger partial charge < -0.3 is 10.1 Å². The molecule has 1 saturated carbocycles. The van der Waals surface area contributed by atoms with Crippen molar-refractivity contribution in [1.82, 2.24) is 19.6 Å². The van der Waals surface area contributed by atoms with Crippen molar-refractivity contribution in [2.75, 3.05) is 19.0 Å². The number of benzene rings is 2. The van der Waals surface area contributed by atoms with E-state index in [1.54, 1.807) is 19.4 Å². The van der Waals surface area contributed by atoms with Crippen molar-refractivity contribution in [2.45, 2.75) is 25.4 Å². The van der Waals surface area contributed by atoms with E-state index in [0.29, 0.717) is 35.3 Å². The minimum atomic E-state index is -4.45. The van der Waals surface area contributed by atoms with E-state index in [0.717, 1.165) is 48.4 Å². The van der Waals surface area contributed by atoms with Crippen LogP contribution in [0.25, 0.3) is 17.0 Å². The molecule has 0 unspecified atom stereocenters. The monoisotopic (exact) mass is 453 g/mol. The van der Waals surface area contributed by atoms with Crippen molar-refractivity contribution < 1.29 is 17.9 Å². The molecule has 2 aromatic carbocycles.